The van der Waals surface area contributed by atoms with Crippen LogP contribution in [0.25, 0.3) is 0 Å². The van der Waals surface area contributed by atoms with E-state index in [1.165, 1.54) is 0 Å². The zero-order valence-electron chi connectivity index (χ0n) is 9.65. The van der Waals surface area contributed by atoms with Gasteiger partial charge in [0.1, 0.15) is 17.2 Å². The molecule has 0 aromatic heterocycles. The monoisotopic (exact) mass is 269 g/mol. The Kier molecular flexibility index (Phi) is 3.28. The molecule has 19 heavy (non-hydrogen) atoms. The van der Waals surface area contributed by atoms with Crippen molar-refractivity contribution in [2.75, 3.05) is 4.90 Å². The molecule has 5 nitrogen and oxygen atoms in total. The Hall–Kier alpha value is -2.31. The highest BCUT2D eigenvalue weighted by molar-refractivity contribution is 6.16. The lowest BCUT2D eigenvalue weighted by atomic mass is 10.1. The first-order chi connectivity index (χ1) is 8.91. The molecule has 1 saturated heterocycles. The maximum absolute atomic E-state index is 13.5. The number of piperidine rings is 1. The molecule has 0 atom stereocenters. The molecule has 0 spiro atoms. The molecule has 1 fully saturated rings. The van der Waals surface area contributed by atoms with E-state index in [-0.39, 0.29) is 18.5 Å². The van der Waals surface area contributed by atoms with E-state index < -0.39 is 35.0 Å². The van der Waals surface area contributed by atoms with Crippen molar-refractivity contribution in [3.8, 4) is 0 Å². The molecule has 0 saturated carbocycles. The summed E-state index contributed by atoms with van der Waals surface area (Å²) in [5.74, 6) is -5.52. The minimum Gasteiger partial charge on any atom is -0.477 e. The van der Waals surface area contributed by atoms with E-state index in [1.807, 2.05) is 0 Å². The molecular weight excluding hydrogens is 260 g/mol. The van der Waals surface area contributed by atoms with Crippen molar-refractivity contribution in [3.63, 3.8) is 0 Å². The number of aromatic carboxylic acids is 1. The highest BCUT2D eigenvalue weighted by Gasteiger charge is 2.29. The van der Waals surface area contributed by atoms with Gasteiger partial charge in [0.15, 0.2) is 0 Å². The minimum absolute atomic E-state index is 0.107. The maximum Gasteiger partial charge on any atom is 0.341 e. The van der Waals surface area contributed by atoms with Gasteiger partial charge in [0.25, 0.3) is 0 Å². The summed E-state index contributed by atoms with van der Waals surface area (Å²) in [6, 6.07) is 1.35. The van der Waals surface area contributed by atoms with E-state index in [4.69, 9.17) is 5.11 Å². The summed E-state index contributed by atoms with van der Waals surface area (Å²) >= 11 is 0. The first kappa shape index (κ1) is 13.1. The molecule has 1 aliphatic rings. The number of carbonyl (C=O) groups excluding carboxylic acids is 2. The number of imide groups is 1. The zero-order valence-corrected chi connectivity index (χ0v) is 9.65. The summed E-state index contributed by atoms with van der Waals surface area (Å²) in [6.45, 7) is 0. The molecule has 1 N–H and O–H groups in total. The standard InChI is InChI=1S/C12H9F2NO4/c13-7-4-6(5-8(14)11(7)12(18)19)15-9(16)2-1-3-10(15)17/h4-5H,1-3H2,(H,18,19). The van der Waals surface area contributed by atoms with Crippen molar-refractivity contribution in [1.82, 2.24) is 0 Å². The van der Waals surface area contributed by atoms with E-state index in [0.717, 1.165) is 0 Å². The van der Waals surface area contributed by atoms with E-state index in [0.29, 0.717) is 23.5 Å². The molecular formula is C12H9F2NO4. The fraction of sp³-hybridized carbons (Fsp3) is 0.250. The predicted molar refractivity (Wildman–Crippen MR) is 59.7 cm³/mol. The van der Waals surface area contributed by atoms with Crippen LogP contribution in [-0.4, -0.2) is 22.9 Å². The fourth-order valence-electron chi connectivity index (χ4n) is 1.93. The Labute approximate surface area is 106 Å². The van der Waals surface area contributed by atoms with Crippen LogP contribution in [0.1, 0.15) is 29.6 Å². The topological polar surface area (TPSA) is 74.7 Å². The van der Waals surface area contributed by atoms with Crippen LogP contribution in [0.5, 0.6) is 0 Å². The lowest BCUT2D eigenvalue weighted by Crippen LogP contribution is -2.40. The number of hydrogen-bond donors (Lipinski definition) is 1. The number of carboxylic acid groups (broad SMARTS) is 1. The number of rotatable bonds is 2. The van der Waals surface area contributed by atoms with E-state index in [1.54, 1.807) is 0 Å². The average Bonchev–Trinajstić information content (AvgIpc) is 2.26. The molecule has 2 rings (SSSR count). The predicted octanol–water partition coefficient (Wildman–Crippen LogP) is 1.71. The number of carbonyl (C=O) groups is 3. The van der Waals surface area contributed by atoms with E-state index in [9.17, 15) is 23.2 Å². The summed E-state index contributed by atoms with van der Waals surface area (Å²) in [7, 11) is 0. The van der Waals surface area contributed by atoms with Crippen LogP contribution in [0.2, 0.25) is 0 Å². The van der Waals surface area contributed by atoms with Crippen molar-refractivity contribution in [1.29, 1.82) is 0 Å². The van der Waals surface area contributed by atoms with Gasteiger partial charge in [-0.2, -0.15) is 0 Å². The average molecular weight is 269 g/mol. The van der Waals surface area contributed by atoms with Crippen LogP contribution in [0.3, 0.4) is 0 Å². The number of anilines is 1. The third-order valence-electron chi connectivity index (χ3n) is 2.78. The summed E-state index contributed by atoms with van der Waals surface area (Å²) in [4.78, 5) is 34.5. The second kappa shape index (κ2) is 4.75. The SMILES string of the molecule is O=C(O)c1c(F)cc(N2C(=O)CCCC2=O)cc1F. The third kappa shape index (κ3) is 2.31. The van der Waals surface area contributed by atoms with Gasteiger partial charge in [-0.25, -0.2) is 13.6 Å². The van der Waals surface area contributed by atoms with Crippen LogP contribution in [0.4, 0.5) is 14.5 Å². The lowest BCUT2D eigenvalue weighted by molar-refractivity contribution is -0.129. The Morgan fingerprint density at radius 1 is 1.11 bits per heavy atom. The normalized spacial score (nSPS) is 15.8. The summed E-state index contributed by atoms with van der Waals surface area (Å²) in [6.07, 6.45) is 0.609. The number of benzene rings is 1. The van der Waals surface area contributed by atoms with Crippen molar-refractivity contribution in [2.24, 2.45) is 0 Å². The minimum atomic E-state index is -1.75. The molecule has 2 amide bonds. The first-order valence-electron chi connectivity index (χ1n) is 5.50. The molecule has 0 radical (unpaired) electrons. The molecule has 0 aliphatic carbocycles. The first-order valence-corrected chi connectivity index (χ1v) is 5.50. The highest BCUT2D eigenvalue weighted by atomic mass is 19.1. The molecule has 7 heteroatoms. The van der Waals surface area contributed by atoms with Gasteiger partial charge in [-0.3, -0.25) is 14.5 Å². The Morgan fingerprint density at radius 2 is 1.58 bits per heavy atom. The fourth-order valence-corrected chi connectivity index (χ4v) is 1.93. The van der Waals surface area contributed by atoms with E-state index >= 15 is 0 Å². The molecule has 1 aromatic rings. The molecule has 1 heterocycles. The lowest BCUT2D eigenvalue weighted by Gasteiger charge is -2.25. The van der Waals surface area contributed by atoms with Gasteiger partial charge in [0, 0.05) is 12.8 Å². The van der Waals surface area contributed by atoms with Gasteiger partial charge in [-0.05, 0) is 18.6 Å². The zero-order chi connectivity index (χ0) is 14.2. The molecule has 0 bridgehead atoms. The molecule has 1 aromatic carbocycles. The third-order valence-corrected chi connectivity index (χ3v) is 2.78. The molecule has 0 unspecified atom stereocenters. The van der Waals surface area contributed by atoms with Gasteiger partial charge in [0.05, 0.1) is 5.69 Å². The van der Waals surface area contributed by atoms with Gasteiger partial charge in [0.2, 0.25) is 11.8 Å². The van der Waals surface area contributed by atoms with Crippen LogP contribution in [0, 0.1) is 11.6 Å². The van der Waals surface area contributed by atoms with Crippen molar-refractivity contribution in [3.05, 3.63) is 29.3 Å². The van der Waals surface area contributed by atoms with Crippen LogP contribution >= 0.6 is 0 Å². The van der Waals surface area contributed by atoms with Crippen LogP contribution < -0.4 is 4.90 Å². The second-order valence-electron chi connectivity index (χ2n) is 4.07. The number of halogens is 2. The smallest absolute Gasteiger partial charge is 0.341 e. The van der Waals surface area contributed by atoms with Gasteiger partial charge in [-0.1, -0.05) is 0 Å². The largest absolute Gasteiger partial charge is 0.477 e. The van der Waals surface area contributed by atoms with Crippen LogP contribution in [0.15, 0.2) is 12.1 Å². The second-order valence-corrected chi connectivity index (χ2v) is 4.07. The quantitative estimate of drug-likeness (QED) is 0.829. The van der Waals surface area contributed by atoms with Crippen LogP contribution in [-0.2, 0) is 9.59 Å². The summed E-state index contributed by atoms with van der Waals surface area (Å²) < 4.78 is 27.0. The van der Waals surface area contributed by atoms with Crippen molar-refractivity contribution >= 4 is 23.5 Å². The van der Waals surface area contributed by atoms with Crippen molar-refractivity contribution in [2.45, 2.75) is 19.3 Å². The maximum atomic E-state index is 13.5. The molecule has 1 aliphatic heterocycles. The van der Waals surface area contributed by atoms with Crippen molar-refractivity contribution < 1.29 is 28.3 Å². The highest BCUT2D eigenvalue weighted by Crippen LogP contribution is 2.26. The number of carboxylic acids is 1. The Morgan fingerprint density at radius 3 is 2.00 bits per heavy atom. The molecule has 100 valence electrons. The van der Waals surface area contributed by atoms with Gasteiger partial charge >= 0.3 is 5.97 Å². The summed E-state index contributed by atoms with van der Waals surface area (Å²) in [5, 5.41) is 8.62. The summed E-state index contributed by atoms with van der Waals surface area (Å²) in [5.41, 5.74) is -1.39. The Bertz CT molecular complexity index is 546. The van der Waals surface area contributed by atoms with Gasteiger partial charge < -0.3 is 5.11 Å². The number of hydrogen-bond acceptors (Lipinski definition) is 3. The van der Waals surface area contributed by atoms with E-state index in [2.05, 4.69) is 0 Å². The number of amides is 2. The Balaban J connectivity index is 2.49. The van der Waals surface area contributed by atoms with Gasteiger partial charge in [-0.15, -0.1) is 0 Å². The number of nitrogens with zero attached hydrogens (tertiary/aromatic N) is 1.